The molecule has 2 unspecified atom stereocenters. The number of rotatable bonds is 22. The number of carbonyl (C=O) groups is 4. The molecule has 0 radical (unpaired) electrons. The molecule has 2 rings (SSSR count). The highest BCUT2D eigenvalue weighted by atomic mass is 32.2. The molecule has 0 N–H and O–H groups in total. The number of hydrogen-bond acceptors (Lipinski definition) is 9. The number of hydrogen-bond donors (Lipinski definition) is 0. The van der Waals surface area contributed by atoms with Crippen LogP contribution in [0.25, 0.3) is 0 Å². The van der Waals surface area contributed by atoms with Gasteiger partial charge in [-0.05, 0) is 36.2 Å². The molecule has 0 aromatic carbocycles. The zero-order valence-electron chi connectivity index (χ0n) is 24.2. The van der Waals surface area contributed by atoms with Crippen molar-refractivity contribution in [1.82, 2.24) is 9.80 Å². The standard InChI is InChI=1S/C28H48N2O7S2/c1-21(2)7-5-17-38-23-19-25(31)29(27(23)33)9-11-35-13-15-37-16-14-36-12-10-30-26(32)20-24(28(30)34)39-18-6-8-22(3)4/h21-24H,5-20H2,1-4H3. The lowest BCUT2D eigenvalue weighted by Crippen LogP contribution is -2.34. The van der Waals surface area contributed by atoms with Crippen LogP contribution in [-0.2, 0) is 33.4 Å². The first kappa shape index (κ1) is 34.1. The smallest absolute Gasteiger partial charge is 0.242 e. The van der Waals surface area contributed by atoms with Crippen LogP contribution in [0.3, 0.4) is 0 Å². The van der Waals surface area contributed by atoms with E-state index in [1.165, 1.54) is 9.80 Å². The first-order valence-corrected chi connectivity index (χ1v) is 16.4. The molecular weight excluding hydrogens is 540 g/mol. The van der Waals surface area contributed by atoms with Crippen LogP contribution < -0.4 is 0 Å². The molecule has 0 saturated carbocycles. The molecule has 39 heavy (non-hydrogen) atoms. The highest BCUT2D eigenvalue weighted by Gasteiger charge is 2.39. The fourth-order valence-corrected chi connectivity index (χ4v) is 6.62. The van der Waals surface area contributed by atoms with E-state index in [9.17, 15) is 19.2 Å². The van der Waals surface area contributed by atoms with Gasteiger partial charge in [0.05, 0.1) is 63.2 Å². The molecule has 0 bridgehead atoms. The Hall–Kier alpha value is -1.14. The summed E-state index contributed by atoms with van der Waals surface area (Å²) in [6.45, 7) is 11.3. The topological polar surface area (TPSA) is 102 Å². The van der Waals surface area contributed by atoms with Crippen LogP contribution in [0.2, 0.25) is 0 Å². The van der Waals surface area contributed by atoms with E-state index in [4.69, 9.17) is 14.2 Å². The molecule has 0 aliphatic carbocycles. The van der Waals surface area contributed by atoms with Gasteiger partial charge in [0.1, 0.15) is 0 Å². The second-order valence-electron chi connectivity index (χ2n) is 10.8. The van der Waals surface area contributed by atoms with Crippen LogP contribution in [0.15, 0.2) is 0 Å². The van der Waals surface area contributed by atoms with E-state index in [1.54, 1.807) is 23.5 Å². The monoisotopic (exact) mass is 588 g/mol. The van der Waals surface area contributed by atoms with Gasteiger partial charge in [0.2, 0.25) is 23.6 Å². The number of imide groups is 2. The lowest BCUT2D eigenvalue weighted by Gasteiger charge is -2.15. The summed E-state index contributed by atoms with van der Waals surface area (Å²) < 4.78 is 16.5. The zero-order valence-corrected chi connectivity index (χ0v) is 25.8. The minimum Gasteiger partial charge on any atom is -0.377 e. The summed E-state index contributed by atoms with van der Waals surface area (Å²) in [7, 11) is 0. The summed E-state index contributed by atoms with van der Waals surface area (Å²) in [4.78, 5) is 52.0. The van der Waals surface area contributed by atoms with Crippen molar-refractivity contribution in [3.63, 3.8) is 0 Å². The highest BCUT2D eigenvalue weighted by molar-refractivity contribution is 8.00. The maximum absolute atomic E-state index is 12.5. The first-order chi connectivity index (χ1) is 18.7. The Morgan fingerprint density at radius 3 is 1.36 bits per heavy atom. The van der Waals surface area contributed by atoms with E-state index >= 15 is 0 Å². The number of nitrogens with zero attached hydrogens (tertiary/aromatic N) is 2. The zero-order chi connectivity index (χ0) is 28.6. The van der Waals surface area contributed by atoms with Crippen molar-refractivity contribution in [1.29, 1.82) is 0 Å². The molecule has 2 fully saturated rings. The van der Waals surface area contributed by atoms with E-state index in [0.29, 0.717) is 38.3 Å². The maximum atomic E-state index is 12.5. The number of thioether (sulfide) groups is 2. The molecule has 2 heterocycles. The summed E-state index contributed by atoms with van der Waals surface area (Å²) in [6, 6.07) is 0. The van der Waals surface area contributed by atoms with Crippen LogP contribution in [0.1, 0.15) is 66.2 Å². The average Bonchev–Trinajstić information content (AvgIpc) is 3.31. The molecule has 4 amide bonds. The molecule has 0 spiro atoms. The van der Waals surface area contributed by atoms with Gasteiger partial charge in [0, 0.05) is 12.8 Å². The van der Waals surface area contributed by atoms with Gasteiger partial charge in [-0.15, -0.1) is 23.5 Å². The third-order valence-electron chi connectivity index (χ3n) is 6.56. The van der Waals surface area contributed by atoms with Gasteiger partial charge < -0.3 is 14.2 Å². The van der Waals surface area contributed by atoms with Gasteiger partial charge in [-0.1, -0.05) is 40.5 Å². The van der Waals surface area contributed by atoms with E-state index in [0.717, 1.165) is 37.2 Å². The second kappa shape index (κ2) is 19.1. The second-order valence-corrected chi connectivity index (χ2v) is 13.4. The van der Waals surface area contributed by atoms with Crippen LogP contribution in [0.5, 0.6) is 0 Å². The Morgan fingerprint density at radius 2 is 1.00 bits per heavy atom. The summed E-state index contributed by atoms with van der Waals surface area (Å²) in [5.74, 6) is 2.67. The summed E-state index contributed by atoms with van der Waals surface area (Å²) in [6.07, 6.45) is 4.95. The maximum Gasteiger partial charge on any atom is 0.242 e. The van der Waals surface area contributed by atoms with Crippen molar-refractivity contribution in [3.05, 3.63) is 0 Å². The molecule has 2 aliphatic rings. The fraction of sp³-hybridized carbons (Fsp3) is 0.857. The molecule has 0 aromatic heterocycles. The minimum absolute atomic E-state index is 0.0974. The Kier molecular flexibility index (Phi) is 16.7. The molecule has 11 heteroatoms. The van der Waals surface area contributed by atoms with Crippen LogP contribution >= 0.6 is 23.5 Å². The Bertz CT molecular complexity index is 719. The fourth-order valence-electron chi connectivity index (χ4n) is 4.32. The van der Waals surface area contributed by atoms with Crippen molar-refractivity contribution in [2.45, 2.75) is 76.7 Å². The van der Waals surface area contributed by atoms with Crippen LogP contribution in [-0.4, -0.2) is 108 Å². The number of likely N-dealkylation sites (tertiary alicyclic amines) is 2. The van der Waals surface area contributed by atoms with Gasteiger partial charge in [-0.25, -0.2) is 0 Å². The number of amides is 4. The van der Waals surface area contributed by atoms with Crippen molar-refractivity contribution in [3.8, 4) is 0 Å². The Balaban J connectivity index is 1.44. The van der Waals surface area contributed by atoms with Crippen molar-refractivity contribution >= 4 is 47.2 Å². The third kappa shape index (κ3) is 12.9. The first-order valence-electron chi connectivity index (χ1n) is 14.4. The third-order valence-corrected chi connectivity index (χ3v) is 9.15. The van der Waals surface area contributed by atoms with E-state index in [1.807, 2.05) is 0 Å². The van der Waals surface area contributed by atoms with Gasteiger partial charge in [0.15, 0.2) is 0 Å². The summed E-state index contributed by atoms with van der Waals surface area (Å²) in [5.41, 5.74) is 0. The van der Waals surface area contributed by atoms with Gasteiger partial charge in [-0.3, -0.25) is 29.0 Å². The highest BCUT2D eigenvalue weighted by Crippen LogP contribution is 2.27. The summed E-state index contributed by atoms with van der Waals surface area (Å²) in [5, 5.41) is -0.510. The predicted molar refractivity (Wildman–Crippen MR) is 156 cm³/mol. The molecule has 2 aliphatic heterocycles. The van der Waals surface area contributed by atoms with Crippen molar-refractivity contribution < 1.29 is 33.4 Å². The van der Waals surface area contributed by atoms with Gasteiger partial charge >= 0.3 is 0 Å². The number of carbonyl (C=O) groups excluding carboxylic acids is 4. The molecule has 2 saturated heterocycles. The molecule has 9 nitrogen and oxygen atoms in total. The van der Waals surface area contributed by atoms with Crippen LogP contribution in [0, 0.1) is 11.8 Å². The molecular formula is C28H48N2O7S2. The largest absolute Gasteiger partial charge is 0.377 e. The summed E-state index contributed by atoms with van der Waals surface area (Å²) >= 11 is 3.18. The lowest BCUT2D eigenvalue weighted by atomic mass is 10.1. The van der Waals surface area contributed by atoms with Crippen molar-refractivity contribution in [2.24, 2.45) is 11.8 Å². The van der Waals surface area contributed by atoms with Gasteiger partial charge in [-0.2, -0.15) is 0 Å². The molecule has 224 valence electrons. The molecule has 0 aromatic rings. The normalized spacial score (nSPS) is 20.1. The lowest BCUT2D eigenvalue weighted by molar-refractivity contribution is -0.140. The van der Waals surface area contributed by atoms with E-state index in [2.05, 4.69) is 27.7 Å². The predicted octanol–water partition coefficient (Wildman–Crippen LogP) is 3.63. The molecule has 2 atom stereocenters. The Labute approximate surface area is 242 Å². The van der Waals surface area contributed by atoms with Crippen molar-refractivity contribution in [2.75, 3.05) is 64.2 Å². The SMILES string of the molecule is CC(C)CCCSC1CC(=O)N(CCOCCOCCOCCN2C(=O)CC(SCCCC(C)C)C2=O)C1=O. The quantitative estimate of drug-likeness (QED) is 0.139. The van der Waals surface area contributed by atoms with E-state index < -0.39 is 0 Å². The minimum atomic E-state index is -0.255. The van der Waals surface area contributed by atoms with Gasteiger partial charge in [0.25, 0.3) is 0 Å². The average molecular weight is 589 g/mol. The van der Waals surface area contributed by atoms with Crippen LogP contribution in [0.4, 0.5) is 0 Å². The number of ether oxygens (including phenoxy) is 3. The van der Waals surface area contributed by atoms with E-state index in [-0.39, 0.29) is 73.3 Å². The Morgan fingerprint density at radius 1 is 0.641 bits per heavy atom.